The van der Waals surface area contributed by atoms with Crippen LogP contribution >= 0.6 is 0 Å². The van der Waals surface area contributed by atoms with Gasteiger partial charge >= 0.3 is 0 Å². The van der Waals surface area contributed by atoms with Crippen molar-refractivity contribution in [1.82, 2.24) is 4.98 Å². The zero-order valence-corrected chi connectivity index (χ0v) is 17.3. The third kappa shape index (κ3) is 2.39. The summed E-state index contributed by atoms with van der Waals surface area (Å²) in [5.41, 5.74) is 11.6. The zero-order valence-electron chi connectivity index (χ0n) is 17.3. The maximum atomic E-state index is 4.80. The highest BCUT2D eigenvalue weighted by Gasteiger charge is 2.37. The van der Waals surface area contributed by atoms with Crippen molar-refractivity contribution >= 4 is 17.1 Å². The van der Waals surface area contributed by atoms with Crippen molar-refractivity contribution in [1.29, 1.82) is 0 Å². The highest BCUT2D eigenvalue weighted by molar-refractivity contribution is 5.91. The van der Waals surface area contributed by atoms with Crippen LogP contribution < -0.4 is 9.80 Å². The smallest absolute Gasteiger partial charge is 0.104 e. The molecular weight excluding hydrogens is 342 g/mol. The quantitative estimate of drug-likeness (QED) is 0.433. The Morgan fingerprint density at radius 3 is 2.46 bits per heavy atom. The molecule has 0 unspecified atom stereocenters. The summed E-state index contributed by atoms with van der Waals surface area (Å²) in [6.07, 6.45) is 1.21. The van der Waals surface area contributed by atoms with E-state index >= 15 is 0 Å². The molecule has 1 aromatic heterocycles. The van der Waals surface area contributed by atoms with Crippen LogP contribution in [0.15, 0.2) is 48.5 Å². The number of hydrogen-bond acceptors (Lipinski definition) is 3. The van der Waals surface area contributed by atoms with Crippen molar-refractivity contribution in [3.63, 3.8) is 0 Å². The predicted molar refractivity (Wildman–Crippen MR) is 118 cm³/mol. The SMILES string of the molecule is Cc1ccc2c(n1)Cc1cc3c(cc1-2)N(C(C)C)[C@H](C)N3c1ccccc1C. The fourth-order valence-electron chi connectivity index (χ4n) is 4.99. The molecule has 1 aliphatic heterocycles. The lowest BCUT2D eigenvalue weighted by atomic mass is 10.0. The van der Waals surface area contributed by atoms with Gasteiger partial charge in [-0.05, 0) is 75.6 Å². The molecule has 3 aromatic rings. The van der Waals surface area contributed by atoms with Crippen LogP contribution in [0.2, 0.25) is 0 Å². The molecule has 142 valence electrons. The minimum absolute atomic E-state index is 0.286. The Hall–Kier alpha value is -2.81. The largest absolute Gasteiger partial charge is 0.347 e. The van der Waals surface area contributed by atoms with E-state index in [-0.39, 0.29) is 6.17 Å². The first-order chi connectivity index (χ1) is 13.5. The minimum Gasteiger partial charge on any atom is -0.347 e. The number of anilines is 3. The molecule has 1 aliphatic carbocycles. The van der Waals surface area contributed by atoms with Gasteiger partial charge in [-0.2, -0.15) is 0 Å². The van der Waals surface area contributed by atoms with Crippen molar-refractivity contribution in [3.8, 4) is 11.1 Å². The molecular formula is C25H27N3. The Balaban J connectivity index is 1.71. The average molecular weight is 370 g/mol. The van der Waals surface area contributed by atoms with Gasteiger partial charge < -0.3 is 9.80 Å². The maximum Gasteiger partial charge on any atom is 0.104 e. The third-order valence-electron chi connectivity index (χ3n) is 6.21. The summed E-state index contributed by atoms with van der Waals surface area (Å²) >= 11 is 0. The van der Waals surface area contributed by atoms with Crippen molar-refractivity contribution in [3.05, 3.63) is 71.0 Å². The van der Waals surface area contributed by atoms with Gasteiger partial charge in [-0.15, -0.1) is 0 Å². The van der Waals surface area contributed by atoms with E-state index in [9.17, 15) is 0 Å². The third-order valence-corrected chi connectivity index (χ3v) is 6.21. The van der Waals surface area contributed by atoms with Crippen molar-refractivity contribution < 1.29 is 0 Å². The summed E-state index contributed by atoms with van der Waals surface area (Å²) < 4.78 is 0. The highest BCUT2D eigenvalue weighted by Crippen LogP contribution is 2.50. The molecule has 2 aliphatic rings. The van der Waals surface area contributed by atoms with Crippen LogP contribution in [-0.2, 0) is 6.42 Å². The summed E-state index contributed by atoms with van der Waals surface area (Å²) in [4.78, 5) is 9.85. The topological polar surface area (TPSA) is 19.4 Å². The molecule has 5 rings (SSSR count). The van der Waals surface area contributed by atoms with E-state index in [0.717, 1.165) is 12.1 Å². The second-order valence-corrected chi connectivity index (χ2v) is 8.41. The zero-order chi connectivity index (χ0) is 19.6. The predicted octanol–water partition coefficient (Wildman–Crippen LogP) is 5.98. The lowest BCUT2D eigenvalue weighted by Crippen LogP contribution is -2.42. The van der Waals surface area contributed by atoms with Gasteiger partial charge in [0.1, 0.15) is 6.17 Å². The maximum absolute atomic E-state index is 4.80. The molecule has 0 saturated heterocycles. The summed E-state index contributed by atoms with van der Waals surface area (Å²) in [7, 11) is 0. The average Bonchev–Trinajstić information content (AvgIpc) is 3.13. The van der Waals surface area contributed by atoms with Gasteiger partial charge in [0.05, 0.1) is 17.1 Å². The first-order valence-electron chi connectivity index (χ1n) is 10.2. The number of para-hydroxylation sites is 1. The minimum atomic E-state index is 0.286. The second kappa shape index (κ2) is 6.10. The fraction of sp³-hybridized carbons (Fsp3) is 0.320. The van der Waals surface area contributed by atoms with Gasteiger partial charge in [0.25, 0.3) is 0 Å². The molecule has 0 amide bonds. The molecule has 0 bridgehead atoms. The van der Waals surface area contributed by atoms with Gasteiger partial charge in [-0.25, -0.2) is 0 Å². The van der Waals surface area contributed by atoms with Crippen LogP contribution in [-0.4, -0.2) is 17.2 Å². The van der Waals surface area contributed by atoms with Gasteiger partial charge in [0.15, 0.2) is 0 Å². The standard InChI is InChI=1S/C25H27N3/c1-15(2)27-18(5)28(23-9-7-6-8-16(23)3)24-13-19-12-22-20(11-10-17(4)26-22)21(19)14-25(24)27/h6-11,13-15,18H,12H2,1-5H3/t18-/m0/s1. The molecule has 28 heavy (non-hydrogen) atoms. The number of pyridine rings is 1. The Morgan fingerprint density at radius 2 is 1.71 bits per heavy atom. The van der Waals surface area contributed by atoms with Crippen LogP contribution in [0.3, 0.4) is 0 Å². The first-order valence-corrected chi connectivity index (χ1v) is 10.2. The molecule has 0 fully saturated rings. The van der Waals surface area contributed by atoms with E-state index in [4.69, 9.17) is 4.98 Å². The summed E-state index contributed by atoms with van der Waals surface area (Å²) in [5, 5.41) is 0. The monoisotopic (exact) mass is 369 g/mol. The number of benzene rings is 2. The van der Waals surface area contributed by atoms with E-state index in [2.05, 4.69) is 92.9 Å². The molecule has 2 heterocycles. The van der Waals surface area contributed by atoms with Crippen molar-refractivity contribution in [2.45, 2.75) is 53.2 Å². The van der Waals surface area contributed by atoms with Gasteiger partial charge in [-0.3, -0.25) is 4.98 Å². The molecule has 1 atom stereocenters. The lowest BCUT2D eigenvalue weighted by Gasteiger charge is -2.33. The first kappa shape index (κ1) is 17.3. The molecule has 0 saturated carbocycles. The van der Waals surface area contributed by atoms with Crippen LogP contribution in [0.5, 0.6) is 0 Å². The number of rotatable bonds is 2. The Labute approximate surface area is 167 Å². The second-order valence-electron chi connectivity index (χ2n) is 8.41. The lowest BCUT2D eigenvalue weighted by molar-refractivity contribution is 0.606. The number of fused-ring (bicyclic) bond motifs is 4. The van der Waals surface area contributed by atoms with Gasteiger partial charge in [0.2, 0.25) is 0 Å². The molecule has 3 heteroatoms. The van der Waals surface area contributed by atoms with E-state index in [0.29, 0.717) is 6.04 Å². The normalized spacial score (nSPS) is 17.1. The number of hydrogen-bond donors (Lipinski definition) is 0. The van der Waals surface area contributed by atoms with Crippen LogP contribution in [0.1, 0.15) is 43.3 Å². The van der Waals surface area contributed by atoms with Crippen LogP contribution in [0.4, 0.5) is 17.1 Å². The van der Waals surface area contributed by atoms with Crippen LogP contribution in [0.25, 0.3) is 11.1 Å². The fourth-order valence-corrected chi connectivity index (χ4v) is 4.99. The van der Waals surface area contributed by atoms with Crippen LogP contribution in [0, 0.1) is 13.8 Å². The molecule has 2 aromatic carbocycles. The Bertz CT molecular complexity index is 1080. The molecule has 0 spiro atoms. The van der Waals surface area contributed by atoms with Crippen molar-refractivity contribution in [2.24, 2.45) is 0 Å². The van der Waals surface area contributed by atoms with Gasteiger partial charge in [-0.1, -0.05) is 24.3 Å². The van der Waals surface area contributed by atoms with Crippen molar-refractivity contribution in [2.75, 3.05) is 9.80 Å². The number of nitrogens with zero attached hydrogens (tertiary/aromatic N) is 3. The number of aryl methyl sites for hydroxylation is 2. The number of aromatic nitrogens is 1. The van der Waals surface area contributed by atoms with E-state index in [1.165, 1.54) is 45.0 Å². The molecule has 3 nitrogen and oxygen atoms in total. The molecule has 0 N–H and O–H groups in total. The Morgan fingerprint density at radius 1 is 0.929 bits per heavy atom. The van der Waals surface area contributed by atoms with E-state index in [1.54, 1.807) is 0 Å². The molecule has 0 radical (unpaired) electrons. The van der Waals surface area contributed by atoms with Gasteiger partial charge in [0, 0.05) is 29.4 Å². The Kier molecular flexibility index (Phi) is 3.77. The summed E-state index contributed by atoms with van der Waals surface area (Å²) in [6, 6.07) is 18.3. The van der Waals surface area contributed by atoms with E-state index in [1.807, 2.05) is 0 Å². The summed E-state index contributed by atoms with van der Waals surface area (Å²) in [5.74, 6) is 0. The van der Waals surface area contributed by atoms with E-state index < -0.39 is 0 Å². The summed E-state index contributed by atoms with van der Waals surface area (Å²) in [6.45, 7) is 11.2. The highest BCUT2D eigenvalue weighted by atomic mass is 15.4.